The highest BCUT2D eigenvalue weighted by Crippen LogP contribution is 2.32. The summed E-state index contributed by atoms with van der Waals surface area (Å²) < 4.78 is 0. The predicted molar refractivity (Wildman–Crippen MR) is 99.8 cm³/mol. The highest BCUT2D eigenvalue weighted by atomic mass is 35.5. The summed E-state index contributed by atoms with van der Waals surface area (Å²) in [5, 5.41) is 3.31. The van der Waals surface area contributed by atoms with Gasteiger partial charge in [0.15, 0.2) is 0 Å². The second kappa shape index (κ2) is 9.21. The lowest BCUT2D eigenvalue weighted by Gasteiger charge is -2.36. The number of carbonyl (C=O) groups is 1. The number of carbonyl (C=O) groups excluding carboxylic acids is 1. The molecule has 23 heavy (non-hydrogen) atoms. The van der Waals surface area contributed by atoms with Crippen molar-refractivity contribution < 1.29 is 4.79 Å². The number of nitrogens with zero attached hydrogens (tertiary/aromatic N) is 2. The summed E-state index contributed by atoms with van der Waals surface area (Å²) in [7, 11) is 0. The van der Waals surface area contributed by atoms with Crippen molar-refractivity contribution in [2.75, 3.05) is 13.1 Å². The monoisotopic (exact) mass is 379 g/mol. The van der Waals surface area contributed by atoms with Crippen LogP contribution in [0, 0.1) is 12.8 Å². The lowest BCUT2D eigenvalue weighted by molar-refractivity contribution is -0.138. The number of halogens is 2. The third-order valence-corrected chi connectivity index (χ3v) is 5.91. The van der Waals surface area contributed by atoms with Crippen molar-refractivity contribution in [1.29, 1.82) is 0 Å². The Hall–Kier alpha value is -0.360. The van der Waals surface area contributed by atoms with E-state index in [1.807, 2.05) is 6.92 Å². The molecular formula is C16H27Cl2N3OS. The van der Waals surface area contributed by atoms with Gasteiger partial charge in [0, 0.05) is 42.0 Å². The summed E-state index contributed by atoms with van der Waals surface area (Å²) in [6.07, 6.45) is 6.31. The van der Waals surface area contributed by atoms with E-state index in [4.69, 9.17) is 5.73 Å². The molecule has 4 nitrogen and oxygen atoms in total. The lowest BCUT2D eigenvalue weighted by atomic mass is 9.84. The zero-order valence-electron chi connectivity index (χ0n) is 13.6. The molecule has 132 valence electrons. The maximum Gasteiger partial charge on any atom is 0.225 e. The first kappa shape index (κ1) is 20.7. The van der Waals surface area contributed by atoms with Crippen molar-refractivity contribution in [3.63, 3.8) is 0 Å². The Labute approximate surface area is 155 Å². The van der Waals surface area contributed by atoms with Crippen molar-refractivity contribution in [2.45, 2.75) is 57.4 Å². The van der Waals surface area contributed by atoms with Gasteiger partial charge in [-0.3, -0.25) is 4.79 Å². The predicted octanol–water partition coefficient (Wildman–Crippen LogP) is 3.52. The molecule has 0 aromatic carbocycles. The normalized spacial score (nSPS) is 27.7. The van der Waals surface area contributed by atoms with E-state index in [0.717, 1.165) is 57.3 Å². The number of likely N-dealkylation sites (tertiary alicyclic amines) is 1. The van der Waals surface area contributed by atoms with Crippen LogP contribution >= 0.6 is 36.2 Å². The molecule has 2 N–H and O–H groups in total. The largest absolute Gasteiger partial charge is 0.342 e. The molecule has 2 heterocycles. The Morgan fingerprint density at radius 1 is 1.30 bits per heavy atom. The van der Waals surface area contributed by atoms with Crippen LogP contribution in [0.4, 0.5) is 0 Å². The molecule has 3 rings (SSSR count). The third kappa shape index (κ3) is 5.05. The Balaban J connectivity index is 0.00000132. The summed E-state index contributed by atoms with van der Waals surface area (Å²) in [6.45, 7) is 3.79. The van der Waals surface area contributed by atoms with Gasteiger partial charge in [0.1, 0.15) is 0 Å². The topological polar surface area (TPSA) is 59.2 Å². The minimum absolute atomic E-state index is 0. The van der Waals surface area contributed by atoms with Crippen molar-refractivity contribution in [3.8, 4) is 0 Å². The molecule has 0 bridgehead atoms. The number of hydrogen-bond acceptors (Lipinski definition) is 4. The zero-order valence-corrected chi connectivity index (χ0v) is 16.0. The Bertz CT molecular complexity index is 511. The summed E-state index contributed by atoms with van der Waals surface area (Å²) >= 11 is 1.74. The van der Waals surface area contributed by atoms with Crippen molar-refractivity contribution in [1.82, 2.24) is 9.88 Å². The number of piperidine rings is 1. The fourth-order valence-corrected chi connectivity index (χ4v) is 4.57. The fourth-order valence-electron chi connectivity index (χ4n) is 3.65. The molecule has 1 aliphatic heterocycles. The molecule has 2 fully saturated rings. The Morgan fingerprint density at radius 2 is 2.09 bits per heavy atom. The van der Waals surface area contributed by atoms with Gasteiger partial charge in [0.25, 0.3) is 0 Å². The second-order valence-electron chi connectivity index (χ2n) is 6.57. The molecule has 2 aliphatic rings. The van der Waals surface area contributed by atoms with Crippen LogP contribution in [0.3, 0.4) is 0 Å². The van der Waals surface area contributed by atoms with Crippen molar-refractivity contribution in [2.24, 2.45) is 11.7 Å². The first-order chi connectivity index (χ1) is 10.1. The summed E-state index contributed by atoms with van der Waals surface area (Å²) in [6, 6.07) is 0.217. The Morgan fingerprint density at radius 3 is 2.74 bits per heavy atom. The van der Waals surface area contributed by atoms with E-state index < -0.39 is 0 Å². The molecule has 1 saturated carbocycles. The average Bonchev–Trinajstić information content (AvgIpc) is 2.93. The van der Waals surface area contributed by atoms with Gasteiger partial charge in [-0.2, -0.15) is 0 Å². The van der Waals surface area contributed by atoms with Gasteiger partial charge in [0.05, 0.1) is 5.01 Å². The van der Waals surface area contributed by atoms with E-state index in [9.17, 15) is 4.79 Å². The van der Waals surface area contributed by atoms with E-state index in [1.165, 1.54) is 5.01 Å². The van der Waals surface area contributed by atoms with Crippen LogP contribution in [0.15, 0.2) is 5.38 Å². The summed E-state index contributed by atoms with van der Waals surface area (Å²) in [4.78, 5) is 19.4. The van der Waals surface area contributed by atoms with Crippen LogP contribution in [0.1, 0.15) is 55.1 Å². The van der Waals surface area contributed by atoms with Gasteiger partial charge < -0.3 is 10.6 Å². The van der Waals surface area contributed by atoms with Gasteiger partial charge in [0.2, 0.25) is 5.91 Å². The van der Waals surface area contributed by atoms with Gasteiger partial charge in [-0.15, -0.1) is 36.2 Å². The maximum absolute atomic E-state index is 12.7. The van der Waals surface area contributed by atoms with Crippen LogP contribution in [0.2, 0.25) is 0 Å². The molecule has 1 aromatic rings. The number of aromatic nitrogens is 1. The highest BCUT2D eigenvalue weighted by Gasteiger charge is 2.32. The van der Waals surface area contributed by atoms with Gasteiger partial charge in [-0.05, 0) is 39.0 Å². The number of aryl methyl sites for hydroxylation is 1. The molecule has 1 amide bonds. The average molecular weight is 380 g/mol. The molecular weight excluding hydrogens is 353 g/mol. The molecule has 0 radical (unpaired) electrons. The summed E-state index contributed by atoms with van der Waals surface area (Å²) in [5.74, 6) is 0.923. The zero-order chi connectivity index (χ0) is 14.8. The summed E-state index contributed by atoms with van der Waals surface area (Å²) in [5.41, 5.74) is 7.13. The second-order valence-corrected chi connectivity index (χ2v) is 7.46. The van der Waals surface area contributed by atoms with E-state index in [2.05, 4.69) is 15.3 Å². The first-order valence-corrected chi connectivity index (χ1v) is 8.98. The number of hydrogen-bond donors (Lipinski definition) is 1. The molecule has 1 saturated heterocycles. The number of nitrogens with two attached hydrogens (primary N) is 1. The number of rotatable bonds is 2. The van der Waals surface area contributed by atoms with Crippen LogP contribution in [0.25, 0.3) is 0 Å². The number of amides is 1. The van der Waals surface area contributed by atoms with Gasteiger partial charge in [-0.1, -0.05) is 6.42 Å². The van der Waals surface area contributed by atoms with Crippen molar-refractivity contribution in [3.05, 3.63) is 16.1 Å². The highest BCUT2D eigenvalue weighted by molar-refractivity contribution is 7.09. The van der Waals surface area contributed by atoms with E-state index >= 15 is 0 Å². The van der Waals surface area contributed by atoms with E-state index in [1.54, 1.807) is 11.3 Å². The minimum atomic E-state index is 0. The van der Waals surface area contributed by atoms with Gasteiger partial charge in [-0.25, -0.2) is 4.98 Å². The molecule has 1 aromatic heterocycles. The van der Waals surface area contributed by atoms with Crippen LogP contribution < -0.4 is 5.73 Å². The minimum Gasteiger partial charge on any atom is -0.342 e. The lowest BCUT2D eigenvalue weighted by Crippen LogP contribution is -2.44. The standard InChI is InChI=1S/C16H25N3OS.2ClH/c1-11-10-21-15(18-11)13-5-3-7-19(9-13)16(20)12-4-2-6-14(17)8-12;;/h10,12-14H,2-9,17H2,1H3;2*1H. The third-order valence-electron chi connectivity index (χ3n) is 4.78. The fraction of sp³-hybridized carbons (Fsp3) is 0.750. The molecule has 7 heteroatoms. The van der Waals surface area contributed by atoms with E-state index in [0.29, 0.717) is 11.8 Å². The molecule has 3 unspecified atom stereocenters. The number of thiazole rings is 1. The van der Waals surface area contributed by atoms with E-state index in [-0.39, 0.29) is 36.8 Å². The quantitative estimate of drug-likeness (QED) is 0.854. The molecule has 1 aliphatic carbocycles. The Kier molecular flexibility index (Phi) is 8.28. The van der Waals surface area contributed by atoms with Crippen molar-refractivity contribution >= 4 is 42.1 Å². The SMILES string of the molecule is Cc1csc(C2CCCN(C(=O)C3CCCC(N)C3)C2)n1.Cl.Cl. The molecule has 0 spiro atoms. The molecule has 3 atom stereocenters. The smallest absolute Gasteiger partial charge is 0.225 e. The van der Waals surface area contributed by atoms with Crippen LogP contribution in [-0.2, 0) is 4.79 Å². The van der Waals surface area contributed by atoms with Gasteiger partial charge >= 0.3 is 0 Å². The van der Waals surface area contributed by atoms with Crippen LogP contribution in [0.5, 0.6) is 0 Å². The van der Waals surface area contributed by atoms with Crippen LogP contribution in [-0.4, -0.2) is 34.9 Å². The maximum atomic E-state index is 12.7. The first-order valence-electron chi connectivity index (χ1n) is 8.10.